The first-order chi connectivity index (χ1) is 28.6. The number of imide groups is 2. The minimum atomic E-state index is -0.975. The number of halogens is 1. The third-order valence-corrected chi connectivity index (χ3v) is 13.2. The van der Waals surface area contributed by atoms with Crippen molar-refractivity contribution in [3.63, 3.8) is 0 Å². The van der Waals surface area contributed by atoms with Crippen molar-refractivity contribution in [1.82, 2.24) is 25.0 Å². The maximum absolute atomic E-state index is 13.4. The van der Waals surface area contributed by atoms with Crippen LogP contribution >= 0.6 is 11.6 Å². The Hall–Kier alpha value is -5.76. The number of nitrogens with one attached hydrogen (secondary N) is 1. The summed E-state index contributed by atoms with van der Waals surface area (Å²) in [6.07, 6.45) is 7.53. The number of benzene rings is 2. The zero-order chi connectivity index (χ0) is 40.8. The highest BCUT2D eigenvalue weighted by atomic mass is 35.5. The van der Waals surface area contributed by atoms with E-state index in [0.29, 0.717) is 51.3 Å². The number of pyridine rings is 1. The van der Waals surface area contributed by atoms with Crippen LogP contribution in [-0.2, 0) is 16.1 Å². The van der Waals surface area contributed by atoms with Gasteiger partial charge in [-0.25, -0.2) is 4.98 Å². The van der Waals surface area contributed by atoms with E-state index in [4.69, 9.17) is 26.6 Å². The van der Waals surface area contributed by atoms with Crippen molar-refractivity contribution in [3.05, 3.63) is 87.2 Å². The Morgan fingerprint density at radius 1 is 0.763 bits per heavy atom. The number of hydrogen-bond acceptors (Lipinski definition) is 10. The van der Waals surface area contributed by atoms with E-state index in [2.05, 4.69) is 33.0 Å². The molecule has 1 saturated carbocycles. The first-order valence-corrected chi connectivity index (χ1v) is 21.0. The first-order valence-electron chi connectivity index (χ1n) is 20.7. The van der Waals surface area contributed by atoms with E-state index in [9.17, 15) is 24.0 Å². The fourth-order valence-corrected chi connectivity index (χ4v) is 9.84. The van der Waals surface area contributed by atoms with Crippen LogP contribution in [0.1, 0.15) is 112 Å². The summed E-state index contributed by atoms with van der Waals surface area (Å²) in [4.78, 5) is 76.6. The van der Waals surface area contributed by atoms with Gasteiger partial charge < -0.3 is 19.4 Å². The van der Waals surface area contributed by atoms with Crippen LogP contribution in [0.2, 0.25) is 5.02 Å². The van der Waals surface area contributed by atoms with Gasteiger partial charge in [-0.05, 0) is 119 Å². The van der Waals surface area contributed by atoms with Crippen molar-refractivity contribution in [1.29, 1.82) is 5.26 Å². The van der Waals surface area contributed by atoms with E-state index < -0.39 is 29.7 Å². The van der Waals surface area contributed by atoms with Crippen LogP contribution in [0.3, 0.4) is 0 Å². The molecule has 302 valence electrons. The second-order valence-electron chi connectivity index (χ2n) is 16.4. The number of nitrogens with zero attached hydrogens (tertiary/aromatic N) is 6. The average Bonchev–Trinajstić information content (AvgIpc) is 3.71. The molecule has 13 nitrogen and oxygen atoms in total. The fraction of sp³-hybridized carbons (Fsp3) is 0.444. The predicted octanol–water partition coefficient (Wildman–Crippen LogP) is 5.09. The van der Waals surface area contributed by atoms with E-state index in [1.165, 1.54) is 0 Å². The molecule has 1 atom stereocenters. The molecule has 14 heteroatoms. The second kappa shape index (κ2) is 16.1. The van der Waals surface area contributed by atoms with Crippen LogP contribution in [0.5, 0.6) is 5.75 Å². The highest BCUT2D eigenvalue weighted by molar-refractivity contribution is 6.31. The Kier molecular flexibility index (Phi) is 10.6. The summed E-state index contributed by atoms with van der Waals surface area (Å²) in [7, 11) is 0. The molecule has 6 heterocycles. The molecule has 3 aromatic rings. The number of nitriles is 1. The van der Waals surface area contributed by atoms with Gasteiger partial charge in [0, 0.05) is 49.3 Å². The van der Waals surface area contributed by atoms with Crippen LogP contribution < -0.4 is 15.0 Å². The number of hydrogen-bond donors (Lipinski definition) is 1. The molecule has 5 amide bonds. The van der Waals surface area contributed by atoms with Crippen molar-refractivity contribution < 1.29 is 28.7 Å². The number of piperidine rings is 3. The summed E-state index contributed by atoms with van der Waals surface area (Å²) < 4.78 is 6.16. The van der Waals surface area contributed by atoms with Crippen molar-refractivity contribution in [3.8, 4) is 23.7 Å². The monoisotopic (exact) mass is 813 g/mol. The fourth-order valence-electron chi connectivity index (χ4n) is 9.63. The van der Waals surface area contributed by atoms with Crippen LogP contribution in [0.4, 0.5) is 5.69 Å². The number of rotatable bonds is 6. The Labute approximate surface area is 347 Å². The molecule has 1 N–H and O–H groups in total. The van der Waals surface area contributed by atoms with E-state index in [1.54, 1.807) is 30.3 Å². The molecule has 4 fully saturated rings. The lowest BCUT2D eigenvalue weighted by Crippen LogP contribution is -2.54. The molecule has 9 rings (SSSR count). The topological polar surface area (TPSA) is 156 Å². The Balaban J connectivity index is 0.734. The smallest absolute Gasteiger partial charge is 0.262 e. The van der Waals surface area contributed by atoms with Gasteiger partial charge in [0.1, 0.15) is 23.6 Å². The molecular formula is C45H44ClN7O6. The van der Waals surface area contributed by atoms with Crippen LogP contribution in [0.15, 0.2) is 48.5 Å². The van der Waals surface area contributed by atoms with Gasteiger partial charge >= 0.3 is 0 Å². The molecule has 0 spiro atoms. The molecule has 59 heavy (non-hydrogen) atoms. The van der Waals surface area contributed by atoms with Gasteiger partial charge in [-0.3, -0.25) is 34.2 Å². The molecule has 1 unspecified atom stereocenters. The van der Waals surface area contributed by atoms with Crippen molar-refractivity contribution >= 4 is 46.8 Å². The predicted molar refractivity (Wildman–Crippen MR) is 216 cm³/mol. The molecule has 3 saturated heterocycles. The summed E-state index contributed by atoms with van der Waals surface area (Å²) in [6, 6.07) is 15.9. The van der Waals surface area contributed by atoms with Crippen LogP contribution in [0.25, 0.3) is 0 Å². The summed E-state index contributed by atoms with van der Waals surface area (Å²) in [5, 5.41) is 11.8. The van der Waals surface area contributed by atoms with Gasteiger partial charge in [-0.2, -0.15) is 5.26 Å². The number of aromatic nitrogens is 1. The first kappa shape index (κ1) is 38.7. The number of fused-ring (bicyclic) bond motifs is 2. The van der Waals surface area contributed by atoms with Gasteiger partial charge in [0.05, 0.1) is 45.6 Å². The van der Waals surface area contributed by atoms with Crippen LogP contribution in [-0.4, -0.2) is 99.6 Å². The maximum Gasteiger partial charge on any atom is 0.262 e. The standard InChI is InChI=1S/C45H44ClN7O6/c46-38-24-34(8-2-28(38)25-47)59-33-9-5-31(6-10-33)52-26-39-36(43(52)56)11-4-29(48-39)3-1-27-15-19-50(20-16-27)30-17-21-51(22-18-30)32-7-12-35-37(23-32)45(58)53(44(35)57)40-13-14-41(54)49-42(40)55/h2,4,7-8,11-12,23-24,27,30-31,33,40H,5-6,9-10,13-22,26H2,(H,49,54,55). The highest BCUT2D eigenvalue weighted by Gasteiger charge is 2.45. The number of likely N-dealkylation sites (tertiary alicyclic amines) is 1. The third kappa shape index (κ3) is 7.66. The van der Waals surface area contributed by atoms with Crippen molar-refractivity contribution in [2.24, 2.45) is 5.92 Å². The van der Waals surface area contributed by atoms with Crippen molar-refractivity contribution in [2.45, 2.75) is 95.0 Å². The number of ether oxygens (including phenoxy) is 1. The summed E-state index contributed by atoms with van der Waals surface area (Å²) in [5.74, 6) is 5.79. The van der Waals surface area contributed by atoms with Gasteiger partial charge in [-0.1, -0.05) is 17.5 Å². The Morgan fingerprint density at radius 3 is 2.24 bits per heavy atom. The lowest BCUT2D eigenvalue weighted by Gasteiger charge is -2.41. The Bertz CT molecular complexity index is 2340. The third-order valence-electron chi connectivity index (χ3n) is 12.9. The van der Waals surface area contributed by atoms with E-state index >= 15 is 0 Å². The highest BCUT2D eigenvalue weighted by Crippen LogP contribution is 2.35. The lowest BCUT2D eigenvalue weighted by atomic mass is 9.92. The van der Waals surface area contributed by atoms with Gasteiger partial charge in [0.15, 0.2) is 0 Å². The summed E-state index contributed by atoms with van der Waals surface area (Å²) in [5.41, 5.74) is 4.07. The number of anilines is 1. The molecule has 0 radical (unpaired) electrons. The zero-order valence-corrected chi connectivity index (χ0v) is 33.4. The quantitative estimate of drug-likeness (QED) is 0.263. The Morgan fingerprint density at radius 2 is 1.51 bits per heavy atom. The zero-order valence-electron chi connectivity index (χ0n) is 32.6. The van der Waals surface area contributed by atoms with E-state index in [1.807, 2.05) is 23.1 Å². The van der Waals surface area contributed by atoms with Crippen LogP contribution in [0, 0.1) is 29.1 Å². The maximum atomic E-state index is 13.4. The van der Waals surface area contributed by atoms with E-state index in [0.717, 1.165) is 93.8 Å². The minimum absolute atomic E-state index is 0.0319. The van der Waals surface area contributed by atoms with Gasteiger partial charge in [0.2, 0.25) is 11.8 Å². The molecule has 6 aliphatic rings. The SMILES string of the molecule is N#Cc1ccc(OC2CCC(N3Cc4nc(C#CC5CCN(C6CCN(c7ccc8c(c7)C(=O)N(C7CCC(=O)NC7=O)C8=O)CC6)CC5)ccc4C3=O)CC2)cc1Cl. The number of amides is 5. The molecular weight excluding hydrogens is 770 g/mol. The average molecular weight is 814 g/mol. The summed E-state index contributed by atoms with van der Waals surface area (Å²) in [6.45, 7) is 4.11. The largest absolute Gasteiger partial charge is 0.490 e. The lowest BCUT2D eigenvalue weighted by molar-refractivity contribution is -0.136. The number of carbonyl (C=O) groups excluding carboxylic acids is 5. The molecule has 1 aliphatic carbocycles. The summed E-state index contributed by atoms with van der Waals surface area (Å²) >= 11 is 6.19. The second-order valence-corrected chi connectivity index (χ2v) is 16.8. The number of carbonyl (C=O) groups is 5. The van der Waals surface area contributed by atoms with E-state index in [-0.39, 0.29) is 36.8 Å². The molecule has 0 bridgehead atoms. The van der Waals surface area contributed by atoms with Gasteiger partial charge in [-0.15, -0.1) is 0 Å². The van der Waals surface area contributed by atoms with Crippen molar-refractivity contribution in [2.75, 3.05) is 31.1 Å². The van der Waals surface area contributed by atoms with Gasteiger partial charge in [0.25, 0.3) is 17.7 Å². The minimum Gasteiger partial charge on any atom is -0.490 e. The molecule has 2 aromatic carbocycles. The molecule has 1 aromatic heterocycles. The molecule has 5 aliphatic heterocycles. The normalized spacial score (nSPS) is 24.0.